The second kappa shape index (κ2) is 9.40. The normalized spacial score (nSPS) is 20.8. The van der Waals surface area contributed by atoms with Crippen LogP contribution in [0.1, 0.15) is 16.8 Å². The van der Waals surface area contributed by atoms with Gasteiger partial charge < -0.3 is 15.1 Å². The minimum atomic E-state index is -0.351. The number of benzene rings is 1. The number of rotatable bonds is 3. The molecule has 8 heteroatoms. The van der Waals surface area contributed by atoms with Gasteiger partial charge in [-0.3, -0.25) is 9.59 Å². The van der Waals surface area contributed by atoms with E-state index >= 15 is 0 Å². The highest BCUT2D eigenvalue weighted by Gasteiger charge is 2.26. The Morgan fingerprint density at radius 2 is 1.76 bits per heavy atom. The number of hydrogen-bond donors (Lipinski definition) is 1. The molecule has 0 saturated carbocycles. The molecule has 2 aliphatic heterocycles. The van der Waals surface area contributed by atoms with E-state index in [0.717, 1.165) is 18.1 Å². The predicted octanol–water partition coefficient (Wildman–Crippen LogP) is 1.63. The Hall–Kier alpha value is -1.31. The van der Waals surface area contributed by atoms with Crippen molar-refractivity contribution in [3.63, 3.8) is 0 Å². The number of amides is 2. The van der Waals surface area contributed by atoms with Crippen LogP contribution in [-0.4, -0.2) is 71.9 Å². The number of halogens is 2. The number of carbonyl (C=O) groups is 2. The van der Waals surface area contributed by atoms with Gasteiger partial charge in [-0.05, 0) is 24.3 Å². The summed E-state index contributed by atoms with van der Waals surface area (Å²) in [5.41, 5.74) is 0.486. The predicted molar refractivity (Wildman–Crippen MR) is 99.9 cm³/mol. The number of nitrogens with zero attached hydrogens (tertiary/aromatic N) is 2. The lowest BCUT2D eigenvalue weighted by Gasteiger charge is -2.36. The molecule has 5 nitrogen and oxygen atoms in total. The number of carbonyl (C=O) groups excluding carboxylic acids is 2. The zero-order valence-electron chi connectivity index (χ0n) is 13.9. The van der Waals surface area contributed by atoms with Gasteiger partial charge >= 0.3 is 0 Å². The lowest BCUT2D eigenvalue weighted by atomic mass is 10.1. The fourth-order valence-corrected chi connectivity index (χ4v) is 3.97. The van der Waals surface area contributed by atoms with Gasteiger partial charge in [0.25, 0.3) is 5.91 Å². The molecule has 0 aromatic heterocycles. The summed E-state index contributed by atoms with van der Waals surface area (Å²) >= 11 is 1.88. The van der Waals surface area contributed by atoms with Crippen LogP contribution in [0.25, 0.3) is 0 Å². The lowest BCUT2D eigenvalue weighted by molar-refractivity contribution is -0.133. The van der Waals surface area contributed by atoms with E-state index in [2.05, 4.69) is 5.32 Å². The molecule has 2 aliphatic rings. The highest BCUT2D eigenvalue weighted by Crippen LogP contribution is 2.14. The molecule has 1 atom stereocenters. The maximum absolute atomic E-state index is 12.9. The fraction of sp³-hybridized carbons (Fsp3) is 0.529. The summed E-state index contributed by atoms with van der Waals surface area (Å²) in [7, 11) is 0. The molecule has 0 aliphatic carbocycles. The molecule has 1 aromatic rings. The summed E-state index contributed by atoms with van der Waals surface area (Å²) in [4.78, 5) is 28.3. The average molecular weight is 388 g/mol. The third kappa shape index (κ3) is 5.33. The highest BCUT2D eigenvalue weighted by molar-refractivity contribution is 7.99. The van der Waals surface area contributed by atoms with Crippen molar-refractivity contribution in [3.8, 4) is 0 Å². The number of hydrogen-bond acceptors (Lipinski definition) is 4. The first kappa shape index (κ1) is 20.0. The molecule has 2 heterocycles. The van der Waals surface area contributed by atoms with Gasteiger partial charge in [0.1, 0.15) is 5.82 Å². The third-order valence-corrected chi connectivity index (χ3v) is 5.56. The molecule has 2 saturated heterocycles. The third-order valence-electron chi connectivity index (χ3n) is 4.43. The minimum Gasteiger partial charge on any atom is -0.339 e. The molecule has 1 aromatic carbocycles. The van der Waals surface area contributed by atoms with Gasteiger partial charge in [0, 0.05) is 62.3 Å². The zero-order valence-corrected chi connectivity index (χ0v) is 15.6. The smallest absolute Gasteiger partial charge is 0.253 e. The molecule has 0 spiro atoms. The minimum absolute atomic E-state index is 0. The first-order valence-electron chi connectivity index (χ1n) is 8.27. The maximum atomic E-state index is 12.9. The van der Waals surface area contributed by atoms with Gasteiger partial charge in [0.05, 0.1) is 0 Å². The second-order valence-electron chi connectivity index (χ2n) is 6.11. The molecule has 1 unspecified atom stereocenters. The van der Waals surface area contributed by atoms with Crippen molar-refractivity contribution < 1.29 is 14.0 Å². The molecule has 25 heavy (non-hydrogen) atoms. The number of nitrogens with one attached hydrogen (secondary N) is 1. The lowest BCUT2D eigenvalue weighted by Crippen LogP contribution is -2.52. The largest absolute Gasteiger partial charge is 0.339 e. The monoisotopic (exact) mass is 387 g/mol. The summed E-state index contributed by atoms with van der Waals surface area (Å²) < 4.78 is 12.9. The molecule has 138 valence electrons. The molecule has 3 rings (SSSR count). The Morgan fingerprint density at radius 1 is 1.12 bits per heavy atom. The summed E-state index contributed by atoms with van der Waals surface area (Å²) in [6.45, 7) is 3.13. The van der Waals surface area contributed by atoms with Crippen LogP contribution in [0.5, 0.6) is 0 Å². The van der Waals surface area contributed by atoms with Crippen molar-refractivity contribution in [3.05, 3.63) is 35.6 Å². The Kier molecular flexibility index (Phi) is 7.53. The molecule has 0 bridgehead atoms. The summed E-state index contributed by atoms with van der Waals surface area (Å²) in [5, 5.41) is 3.38. The first-order chi connectivity index (χ1) is 11.6. The molecular weight excluding hydrogens is 365 g/mol. The van der Waals surface area contributed by atoms with Crippen molar-refractivity contribution in [1.29, 1.82) is 0 Å². The quantitative estimate of drug-likeness (QED) is 0.856. The van der Waals surface area contributed by atoms with Crippen LogP contribution in [0.2, 0.25) is 0 Å². The molecule has 2 fully saturated rings. The van der Waals surface area contributed by atoms with E-state index in [0.29, 0.717) is 38.2 Å². The maximum Gasteiger partial charge on any atom is 0.253 e. The standard InChI is InChI=1S/C17H22FN3O2S.ClH/c18-14-3-1-13(2-4-14)17(23)21-8-6-20(7-9-21)16(22)11-15-12-24-10-5-19-15;/h1-4,15,19H,5-12H2;1H. The van der Waals surface area contributed by atoms with Crippen LogP contribution in [0, 0.1) is 5.82 Å². The SMILES string of the molecule is Cl.O=C(CC1CSCCN1)N1CCN(C(=O)c2ccc(F)cc2)CC1. The first-order valence-corrected chi connectivity index (χ1v) is 9.43. The average Bonchev–Trinajstić information content (AvgIpc) is 2.63. The number of thioether (sulfide) groups is 1. The van der Waals surface area contributed by atoms with Crippen LogP contribution in [0.15, 0.2) is 24.3 Å². The summed E-state index contributed by atoms with van der Waals surface area (Å²) in [6.07, 6.45) is 0.527. The van der Waals surface area contributed by atoms with Crippen LogP contribution in [-0.2, 0) is 4.79 Å². The van der Waals surface area contributed by atoms with E-state index in [1.807, 2.05) is 16.7 Å². The van der Waals surface area contributed by atoms with Gasteiger partial charge in [0.2, 0.25) is 5.91 Å². The van der Waals surface area contributed by atoms with E-state index in [1.165, 1.54) is 24.3 Å². The van der Waals surface area contributed by atoms with Crippen LogP contribution in [0.4, 0.5) is 4.39 Å². The van der Waals surface area contributed by atoms with Crippen LogP contribution >= 0.6 is 24.2 Å². The Balaban J connectivity index is 0.00000225. The van der Waals surface area contributed by atoms with E-state index < -0.39 is 0 Å². The van der Waals surface area contributed by atoms with Gasteiger partial charge in [-0.1, -0.05) is 0 Å². The van der Waals surface area contributed by atoms with Gasteiger partial charge in [-0.2, -0.15) is 11.8 Å². The molecule has 0 radical (unpaired) electrons. The zero-order chi connectivity index (χ0) is 16.9. The van der Waals surface area contributed by atoms with Gasteiger partial charge in [0.15, 0.2) is 0 Å². The van der Waals surface area contributed by atoms with E-state index in [-0.39, 0.29) is 36.1 Å². The Morgan fingerprint density at radius 3 is 2.36 bits per heavy atom. The van der Waals surface area contributed by atoms with Gasteiger partial charge in [-0.25, -0.2) is 4.39 Å². The topological polar surface area (TPSA) is 52.7 Å². The van der Waals surface area contributed by atoms with Crippen molar-refractivity contribution in [2.75, 3.05) is 44.2 Å². The van der Waals surface area contributed by atoms with Crippen molar-refractivity contribution in [1.82, 2.24) is 15.1 Å². The van der Waals surface area contributed by atoms with Crippen molar-refractivity contribution in [2.45, 2.75) is 12.5 Å². The van der Waals surface area contributed by atoms with E-state index in [9.17, 15) is 14.0 Å². The number of piperazine rings is 1. The van der Waals surface area contributed by atoms with Crippen molar-refractivity contribution in [2.24, 2.45) is 0 Å². The van der Waals surface area contributed by atoms with Crippen LogP contribution < -0.4 is 5.32 Å². The van der Waals surface area contributed by atoms with Crippen LogP contribution in [0.3, 0.4) is 0 Å². The van der Waals surface area contributed by atoms with E-state index in [4.69, 9.17) is 0 Å². The van der Waals surface area contributed by atoms with Gasteiger partial charge in [-0.15, -0.1) is 12.4 Å². The summed E-state index contributed by atoms with van der Waals surface area (Å²) in [6, 6.07) is 5.85. The molecular formula is C17H23ClFN3O2S. The Bertz CT molecular complexity index is 588. The van der Waals surface area contributed by atoms with Crippen molar-refractivity contribution >= 4 is 36.0 Å². The molecule has 2 amide bonds. The molecule has 1 N–H and O–H groups in total. The fourth-order valence-electron chi connectivity index (χ4n) is 3.02. The Labute approximate surface area is 157 Å². The highest BCUT2D eigenvalue weighted by atomic mass is 35.5. The summed E-state index contributed by atoms with van der Waals surface area (Å²) in [5.74, 6) is 1.79. The van der Waals surface area contributed by atoms with E-state index in [1.54, 1.807) is 4.90 Å². The second-order valence-corrected chi connectivity index (χ2v) is 7.26.